The van der Waals surface area contributed by atoms with Crippen LogP contribution >= 0.6 is 0 Å². The summed E-state index contributed by atoms with van der Waals surface area (Å²) in [6.07, 6.45) is 1.51. The minimum Gasteiger partial charge on any atom is -0.339 e. The molecule has 2 aromatic carbocycles. The lowest BCUT2D eigenvalue weighted by atomic mass is 9.93. The Balaban J connectivity index is 1.43. The summed E-state index contributed by atoms with van der Waals surface area (Å²) in [4.78, 5) is 29.9. The van der Waals surface area contributed by atoms with Crippen LogP contribution in [0.25, 0.3) is 10.8 Å². The van der Waals surface area contributed by atoms with Crippen LogP contribution in [-0.4, -0.2) is 60.4 Å². The number of nitrogens with zero attached hydrogens (tertiary/aromatic N) is 2. The maximum absolute atomic E-state index is 13.1. The first kappa shape index (κ1) is 18.0. The molecule has 0 aromatic heterocycles. The normalized spacial score (nSPS) is 21.4. The van der Waals surface area contributed by atoms with Crippen molar-refractivity contribution in [2.75, 3.05) is 32.7 Å². The van der Waals surface area contributed by atoms with E-state index in [0.717, 1.165) is 48.8 Å². The molecule has 2 aliphatic heterocycles. The third kappa shape index (κ3) is 3.56. The molecule has 142 valence electrons. The molecule has 2 heterocycles. The van der Waals surface area contributed by atoms with E-state index in [4.69, 9.17) is 0 Å². The van der Waals surface area contributed by atoms with E-state index in [9.17, 15) is 9.59 Å². The number of piperidine rings is 1. The summed E-state index contributed by atoms with van der Waals surface area (Å²) < 4.78 is 0. The lowest BCUT2D eigenvalue weighted by Crippen LogP contribution is -2.55. The van der Waals surface area contributed by atoms with Crippen LogP contribution in [0.2, 0.25) is 0 Å². The van der Waals surface area contributed by atoms with Crippen molar-refractivity contribution < 1.29 is 9.59 Å². The summed E-state index contributed by atoms with van der Waals surface area (Å²) in [5, 5.41) is 5.41. The predicted molar refractivity (Wildman–Crippen MR) is 107 cm³/mol. The molecule has 0 radical (unpaired) electrons. The van der Waals surface area contributed by atoms with Crippen molar-refractivity contribution in [2.24, 2.45) is 5.92 Å². The van der Waals surface area contributed by atoms with E-state index >= 15 is 0 Å². The van der Waals surface area contributed by atoms with E-state index in [1.54, 1.807) is 0 Å². The molecule has 2 saturated heterocycles. The van der Waals surface area contributed by atoms with Crippen LogP contribution in [0.3, 0.4) is 0 Å². The van der Waals surface area contributed by atoms with Gasteiger partial charge in [0.2, 0.25) is 5.91 Å². The largest absolute Gasteiger partial charge is 0.339 e. The molecule has 0 spiro atoms. The van der Waals surface area contributed by atoms with Crippen molar-refractivity contribution in [1.82, 2.24) is 15.1 Å². The number of amides is 2. The molecule has 2 fully saturated rings. The zero-order valence-corrected chi connectivity index (χ0v) is 15.9. The van der Waals surface area contributed by atoms with Gasteiger partial charge in [0.1, 0.15) is 0 Å². The van der Waals surface area contributed by atoms with E-state index in [2.05, 4.69) is 12.2 Å². The highest BCUT2D eigenvalue weighted by molar-refractivity contribution is 6.07. The number of fused-ring (bicyclic) bond motifs is 1. The van der Waals surface area contributed by atoms with Crippen LogP contribution < -0.4 is 5.32 Å². The molecule has 1 unspecified atom stereocenters. The maximum atomic E-state index is 13.1. The van der Waals surface area contributed by atoms with Crippen LogP contribution in [0.15, 0.2) is 42.5 Å². The topological polar surface area (TPSA) is 52.7 Å². The van der Waals surface area contributed by atoms with Crippen molar-refractivity contribution in [1.29, 1.82) is 0 Å². The van der Waals surface area contributed by atoms with Gasteiger partial charge in [-0.3, -0.25) is 9.59 Å². The van der Waals surface area contributed by atoms with Crippen LogP contribution in [0.5, 0.6) is 0 Å². The molecule has 0 bridgehead atoms. The SMILES string of the molecule is CC1CNCCN1C(=O)C1CCN(C(=O)c2cccc3ccccc23)CC1. The minimum atomic E-state index is 0.0436. The molecule has 27 heavy (non-hydrogen) atoms. The zero-order chi connectivity index (χ0) is 18.8. The van der Waals surface area contributed by atoms with E-state index in [-0.39, 0.29) is 23.8 Å². The van der Waals surface area contributed by atoms with Crippen LogP contribution in [0.4, 0.5) is 0 Å². The average Bonchev–Trinajstić information content (AvgIpc) is 2.73. The number of carbonyl (C=O) groups excluding carboxylic acids is 2. The highest BCUT2D eigenvalue weighted by Gasteiger charge is 2.33. The molecule has 0 aliphatic carbocycles. The Morgan fingerprint density at radius 1 is 1.00 bits per heavy atom. The summed E-state index contributed by atoms with van der Waals surface area (Å²) in [6, 6.07) is 14.1. The van der Waals surface area contributed by atoms with Crippen molar-refractivity contribution in [2.45, 2.75) is 25.8 Å². The van der Waals surface area contributed by atoms with Gasteiger partial charge in [-0.05, 0) is 36.6 Å². The van der Waals surface area contributed by atoms with Gasteiger partial charge >= 0.3 is 0 Å². The third-order valence-corrected chi connectivity index (χ3v) is 5.94. The number of hydrogen-bond acceptors (Lipinski definition) is 3. The van der Waals surface area contributed by atoms with Crippen LogP contribution in [-0.2, 0) is 4.79 Å². The van der Waals surface area contributed by atoms with E-state index < -0.39 is 0 Å². The lowest BCUT2D eigenvalue weighted by molar-refractivity contribution is -0.139. The van der Waals surface area contributed by atoms with Gasteiger partial charge in [-0.2, -0.15) is 0 Å². The highest BCUT2D eigenvalue weighted by Crippen LogP contribution is 2.25. The predicted octanol–water partition coefficient (Wildman–Crippen LogP) is 2.51. The maximum Gasteiger partial charge on any atom is 0.254 e. The Morgan fingerprint density at radius 2 is 1.74 bits per heavy atom. The number of nitrogens with one attached hydrogen (secondary N) is 1. The molecule has 4 rings (SSSR count). The standard InChI is InChI=1S/C22H27N3O2/c1-16-15-23-11-14-25(16)21(26)18-9-12-24(13-10-18)22(27)20-8-4-6-17-5-2-3-7-19(17)20/h2-8,16,18,23H,9-15H2,1H3. The van der Waals surface area contributed by atoms with Crippen LogP contribution in [0.1, 0.15) is 30.1 Å². The summed E-state index contributed by atoms with van der Waals surface area (Å²) in [7, 11) is 0. The van der Waals surface area contributed by atoms with Gasteiger partial charge in [-0.25, -0.2) is 0 Å². The van der Waals surface area contributed by atoms with Crippen molar-refractivity contribution in [3.8, 4) is 0 Å². The Kier molecular flexibility index (Phi) is 5.12. The number of likely N-dealkylation sites (tertiary alicyclic amines) is 1. The van der Waals surface area contributed by atoms with Crippen molar-refractivity contribution >= 4 is 22.6 Å². The first-order chi connectivity index (χ1) is 13.1. The number of hydrogen-bond donors (Lipinski definition) is 1. The fourth-order valence-electron chi connectivity index (χ4n) is 4.31. The number of benzene rings is 2. The monoisotopic (exact) mass is 365 g/mol. The quantitative estimate of drug-likeness (QED) is 0.890. The molecule has 1 N–H and O–H groups in total. The Labute approximate surface area is 160 Å². The molecule has 5 nitrogen and oxygen atoms in total. The fraction of sp³-hybridized carbons (Fsp3) is 0.455. The van der Waals surface area contributed by atoms with Crippen molar-refractivity contribution in [3.05, 3.63) is 48.0 Å². The lowest BCUT2D eigenvalue weighted by Gasteiger charge is -2.39. The summed E-state index contributed by atoms with van der Waals surface area (Å²) >= 11 is 0. The van der Waals surface area contributed by atoms with Gasteiger partial charge in [0.25, 0.3) is 5.91 Å². The third-order valence-electron chi connectivity index (χ3n) is 5.94. The van der Waals surface area contributed by atoms with E-state index in [1.165, 1.54) is 0 Å². The van der Waals surface area contributed by atoms with E-state index in [0.29, 0.717) is 13.1 Å². The van der Waals surface area contributed by atoms with Gasteiger partial charge in [-0.15, -0.1) is 0 Å². The average molecular weight is 365 g/mol. The Morgan fingerprint density at radius 3 is 2.52 bits per heavy atom. The number of piperazine rings is 1. The number of carbonyl (C=O) groups is 2. The smallest absolute Gasteiger partial charge is 0.254 e. The fourth-order valence-corrected chi connectivity index (χ4v) is 4.31. The Bertz CT molecular complexity index is 837. The second-order valence-corrected chi connectivity index (χ2v) is 7.68. The molecule has 2 amide bonds. The minimum absolute atomic E-state index is 0.0436. The van der Waals surface area contributed by atoms with E-state index in [1.807, 2.05) is 52.3 Å². The zero-order valence-electron chi connectivity index (χ0n) is 15.9. The first-order valence-corrected chi connectivity index (χ1v) is 9.93. The molecule has 2 aromatic rings. The first-order valence-electron chi connectivity index (χ1n) is 9.93. The second kappa shape index (κ2) is 7.69. The highest BCUT2D eigenvalue weighted by atomic mass is 16.2. The van der Waals surface area contributed by atoms with Gasteiger partial charge in [0.15, 0.2) is 0 Å². The summed E-state index contributed by atoms with van der Waals surface area (Å²) in [6.45, 7) is 5.93. The van der Waals surface area contributed by atoms with Gasteiger partial charge < -0.3 is 15.1 Å². The number of rotatable bonds is 2. The molecule has 5 heteroatoms. The van der Waals surface area contributed by atoms with Gasteiger partial charge in [0, 0.05) is 50.2 Å². The molecule has 2 aliphatic rings. The summed E-state index contributed by atoms with van der Waals surface area (Å²) in [5.41, 5.74) is 0.758. The van der Waals surface area contributed by atoms with Crippen LogP contribution in [0, 0.1) is 5.92 Å². The Hall–Kier alpha value is -2.40. The van der Waals surface area contributed by atoms with Crippen molar-refractivity contribution in [3.63, 3.8) is 0 Å². The van der Waals surface area contributed by atoms with Gasteiger partial charge in [0.05, 0.1) is 0 Å². The molecular formula is C22H27N3O2. The summed E-state index contributed by atoms with van der Waals surface area (Å²) in [5.74, 6) is 0.386. The second-order valence-electron chi connectivity index (χ2n) is 7.68. The molecule has 0 saturated carbocycles. The van der Waals surface area contributed by atoms with Gasteiger partial charge in [-0.1, -0.05) is 36.4 Å². The molecular weight excluding hydrogens is 338 g/mol. The molecule has 1 atom stereocenters.